The summed E-state index contributed by atoms with van der Waals surface area (Å²) < 4.78 is 7.10. The smallest absolute Gasteiger partial charge is 0.408 e. The van der Waals surface area contributed by atoms with Gasteiger partial charge in [-0.15, -0.1) is 5.53 Å². The fourth-order valence-corrected chi connectivity index (χ4v) is 4.65. The van der Waals surface area contributed by atoms with Gasteiger partial charge in [-0.1, -0.05) is 29.8 Å². The maximum atomic E-state index is 13.5. The first kappa shape index (κ1) is 30.7. The van der Waals surface area contributed by atoms with Crippen molar-refractivity contribution in [1.82, 2.24) is 25.9 Å². The van der Waals surface area contributed by atoms with E-state index in [2.05, 4.69) is 21.6 Å². The first-order valence-electron chi connectivity index (χ1n) is 13.7. The summed E-state index contributed by atoms with van der Waals surface area (Å²) in [6, 6.07) is 15.1. The van der Waals surface area contributed by atoms with E-state index in [1.54, 1.807) is 55.8 Å². The molecule has 2 aromatic carbocycles. The van der Waals surface area contributed by atoms with Crippen molar-refractivity contribution in [2.75, 3.05) is 12.4 Å². The van der Waals surface area contributed by atoms with E-state index in [-0.39, 0.29) is 18.0 Å². The Labute approximate surface area is 250 Å². The average molecular weight is 593 g/mol. The van der Waals surface area contributed by atoms with Crippen molar-refractivity contribution in [1.29, 1.82) is 0 Å². The minimum atomic E-state index is -0.992. The average Bonchev–Trinajstić information content (AvgIpc) is 3.34. The number of carbonyl (C=O) groups is 2. The zero-order valence-corrected chi connectivity index (χ0v) is 25.4. The second-order valence-corrected chi connectivity index (χ2v) is 11.8. The largest absolute Gasteiger partial charge is 0.444 e. The molecule has 0 aliphatic carbocycles. The van der Waals surface area contributed by atoms with Gasteiger partial charge in [0.2, 0.25) is 5.91 Å². The van der Waals surface area contributed by atoms with Crippen molar-refractivity contribution in [3.05, 3.63) is 93.5 Å². The molecule has 0 spiro atoms. The molecule has 1 aromatic heterocycles. The van der Waals surface area contributed by atoms with Crippen molar-refractivity contribution in [2.24, 2.45) is 0 Å². The number of benzene rings is 2. The first-order chi connectivity index (χ1) is 19.8. The van der Waals surface area contributed by atoms with Crippen LogP contribution in [0.3, 0.4) is 0 Å². The lowest BCUT2D eigenvalue weighted by atomic mass is 9.99. The first-order valence-corrected chi connectivity index (χ1v) is 14.1. The van der Waals surface area contributed by atoms with E-state index < -0.39 is 23.6 Å². The maximum absolute atomic E-state index is 13.5. The van der Waals surface area contributed by atoms with E-state index in [9.17, 15) is 14.4 Å². The van der Waals surface area contributed by atoms with Gasteiger partial charge in [0.15, 0.2) is 0 Å². The number of ether oxygens (including phenoxy) is 1. The van der Waals surface area contributed by atoms with E-state index >= 15 is 0 Å². The lowest BCUT2D eigenvalue weighted by Gasteiger charge is -2.24. The van der Waals surface area contributed by atoms with E-state index in [1.165, 1.54) is 6.07 Å². The minimum Gasteiger partial charge on any atom is -0.444 e. The van der Waals surface area contributed by atoms with Crippen LogP contribution in [0.25, 0.3) is 16.8 Å². The lowest BCUT2D eigenvalue weighted by Crippen LogP contribution is -2.47. The summed E-state index contributed by atoms with van der Waals surface area (Å²) in [5.41, 5.74) is 9.82. The molecular weight excluding hydrogens is 556 g/mol. The second-order valence-electron chi connectivity index (χ2n) is 11.4. The summed E-state index contributed by atoms with van der Waals surface area (Å²) in [7, 11) is 1.88. The molecule has 0 saturated heterocycles. The number of hydrogen-bond acceptors (Lipinski definition) is 7. The predicted molar refractivity (Wildman–Crippen MR) is 165 cm³/mol. The standard InChI is InChI=1S/C31H37ClN6O4/c1-19(2)38-18-22(10-14-28(38)39)21-9-13-25(32)23(15-21)16-26(35-30(41)42-31(3,4)5)29(40)34-24-11-7-20(8-12-24)27-17-33-36-37(27)6/h7-15,17-19,26,33,36H,16H2,1-6H3,(H,34,40)(H,35,41). The molecule has 0 fully saturated rings. The summed E-state index contributed by atoms with van der Waals surface area (Å²) in [6.07, 6.45) is 3.03. The van der Waals surface area contributed by atoms with Gasteiger partial charge in [0.1, 0.15) is 11.6 Å². The van der Waals surface area contributed by atoms with Gasteiger partial charge in [0.25, 0.3) is 5.56 Å². The number of alkyl carbamates (subject to hydrolysis) is 1. The highest BCUT2D eigenvalue weighted by Gasteiger charge is 2.26. The molecule has 0 radical (unpaired) electrons. The maximum Gasteiger partial charge on any atom is 0.408 e. The summed E-state index contributed by atoms with van der Waals surface area (Å²) >= 11 is 6.58. The van der Waals surface area contributed by atoms with Crippen molar-refractivity contribution in [3.63, 3.8) is 0 Å². The minimum absolute atomic E-state index is 0.00600. The van der Waals surface area contributed by atoms with Crippen LogP contribution in [0.1, 0.15) is 51.8 Å². The number of hydrogen-bond donors (Lipinski definition) is 4. The summed E-state index contributed by atoms with van der Waals surface area (Å²) in [5.74, 6) is -0.427. The third-order valence-electron chi connectivity index (χ3n) is 6.56. The Morgan fingerprint density at radius 1 is 1.00 bits per heavy atom. The van der Waals surface area contributed by atoms with E-state index in [4.69, 9.17) is 16.3 Å². The van der Waals surface area contributed by atoms with E-state index in [0.717, 1.165) is 22.4 Å². The number of rotatable bonds is 8. The molecule has 42 heavy (non-hydrogen) atoms. The number of halogens is 1. The fourth-order valence-electron chi connectivity index (χ4n) is 4.45. The van der Waals surface area contributed by atoms with Gasteiger partial charge in [-0.3, -0.25) is 14.6 Å². The van der Waals surface area contributed by atoms with Gasteiger partial charge in [-0.2, -0.15) is 0 Å². The van der Waals surface area contributed by atoms with Gasteiger partial charge >= 0.3 is 6.09 Å². The molecular formula is C31H37ClN6O4. The molecule has 2 heterocycles. The quantitative estimate of drug-likeness (QED) is 0.288. The van der Waals surface area contributed by atoms with Crippen molar-refractivity contribution < 1.29 is 14.3 Å². The molecule has 1 unspecified atom stereocenters. The van der Waals surface area contributed by atoms with E-state index in [1.807, 2.05) is 56.4 Å². The number of hydrazine groups is 2. The molecule has 0 bridgehead atoms. The van der Waals surface area contributed by atoms with Crippen molar-refractivity contribution in [2.45, 2.75) is 58.7 Å². The van der Waals surface area contributed by atoms with Crippen LogP contribution in [0, 0.1) is 0 Å². The molecule has 1 atom stereocenters. The number of aromatic nitrogens is 1. The Balaban J connectivity index is 1.59. The van der Waals surface area contributed by atoms with Crippen LogP contribution in [0.5, 0.6) is 0 Å². The van der Waals surface area contributed by atoms with E-state index in [0.29, 0.717) is 16.3 Å². The van der Waals surface area contributed by atoms with Gasteiger partial charge in [-0.25, -0.2) is 4.79 Å². The molecule has 222 valence electrons. The molecule has 0 saturated carbocycles. The van der Waals surface area contributed by atoms with Crippen molar-refractivity contribution >= 4 is 35.0 Å². The number of carbonyl (C=O) groups excluding carboxylic acids is 2. The zero-order valence-electron chi connectivity index (χ0n) is 24.6. The SMILES string of the molecule is CC(C)n1cc(-c2ccc(Cl)c(CC(NC(=O)OC(C)(C)C)C(=O)Nc3ccc(C4=CNNN4C)cc3)c2)ccc1=O. The van der Waals surface area contributed by atoms with Gasteiger partial charge in [0, 0.05) is 54.2 Å². The van der Waals surface area contributed by atoms with Crippen molar-refractivity contribution in [3.8, 4) is 11.1 Å². The highest BCUT2D eigenvalue weighted by Crippen LogP contribution is 2.27. The van der Waals surface area contributed by atoms with Crippen LogP contribution in [0.4, 0.5) is 10.5 Å². The number of nitrogens with zero attached hydrogens (tertiary/aromatic N) is 2. The Bertz CT molecular complexity index is 1540. The topological polar surface area (TPSA) is 117 Å². The van der Waals surface area contributed by atoms with Crippen LogP contribution in [0.2, 0.25) is 5.02 Å². The Morgan fingerprint density at radius 3 is 2.29 bits per heavy atom. The number of amides is 2. The Kier molecular flexibility index (Phi) is 9.28. The molecule has 10 nitrogen and oxygen atoms in total. The van der Waals surface area contributed by atoms with Crippen LogP contribution in [0.15, 0.2) is 71.8 Å². The fraction of sp³-hybridized carbons (Fsp3) is 0.323. The van der Waals surface area contributed by atoms with Gasteiger partial charge in [0.05, 0.1) is 5.70 Å². The highest BCUT2D eigenvalue weighted by atomic mass is 35.5. The molecule has 4 rings (SSSR count). The lowest BCUT2D eigenvalue weighted by molar-refractivity contribution is -0.118. The molecule has 1 aliphatic heterocycles. The monoisotopic (exact) mass is 592 g/mol. The van der Waals surface area contributed by atoms with Crippen LogP contribution >= 0.6 is 11.6 Å². The number of nitrogens with one attached hydrogen (secondary N) is 4. The predicted octanol–water partition coefficient (Wildman–Crippen LogP) is 5.08. The Morgan fingerprint density at radius 2 is 1.67 bits per heavy atom. The number of anilines is 1. The molecule has 3 aromatic rings. The van der Waals surface area contributed by atoms with Crippen LogP contribution in [-0.4, -0.2) is 40.3 Å². The highest BCUT2D eigenvalue weighted by molar-refractivity contribution is 6.31. The Hall–Kier alpha value is -4.28. The van der Waals surface area contributed by atoms with Crippen LogP contribution < -0.4 is 27.2 Å². The number of pyridine rings is 1. The molecule has 1 aliphatic rings. The van der Waals surface area contributed by atoms with Crippen LogP contribution in [-0.2, 0) is 16.0 Å². The zero-order chi connectivity index (χ0) is 30.6. The summed E-state index contributed by atoms with van der Waals surface area (Å²) in [4.78, 5) is 38.5. The second kappa shape index (κ2) is 12.7. The molecule has 2 amide bonds. The normalized spacial score (nSPS) is 13.8. The molecule has 11 heteroatoms. The third kappa shape index (κ3) is 7.71. The van der Waals surface area contributed by atoms with Gasteiger partial charge in [-0.05, 0) is 81.6 Å². The summed E-state index contributed by atoms with van der Waals surface area (Å²) in [6.45, 7) is 9.14. The van der Waals surface area contributed by atoms with Gasteiger partial charge < -0.3 is 25.4 Å². The summed E-state index contributed by atoms with van der Waals surface area (Å²) in [5, 5.41) is 7.89. The molecule has 4 N–H and O–H groups in total. The third-order valence-corrected chi connectivity index (χ3v) is 6.92.